The minimum Gasteiger partial charge on any atom is -0.342 e. The number of rotatable bonds is 8. The highest BCUT2D eigenvalue weighted by Crippen LogP contribution is 2.21. The Morgan fingerprint density at radius 3 is 2.59 bits per heavy atom. The zero-order valence-corrected chi connectivity index (χ0v) is 18.3. The van der Waals surface area contributed by atoms with E-state index in [2.05, 4.69) is 27.4 Å². The third-order valence-corrected chi connectivity index (χ3v) is 5.49. The van der Waals surface area contributed by atoms with Crippen LogP contribution in [0.25, 0.3) is 22.3 Å². The molecule has 0 aliphatic heterocycles. The molecule has 6 nitrogen and oxygen atoms in total. The quantitative estimate of drug-likeness (QED) is 0.337. The van der Waals surface area contributed by atoms with Crippen molar-refractivity contribution in [3.05, 3.63) is 101 Å². The van der Waals surface area contributed by atoms with Gasteiger partial charge in [0.15, 0.2) is 0 Å². The fourth-order valence-corrected chi connectivity index (χ4v) is 3.94. The average Bonchev–Trinajstić information content (AvgIpc) is 3.41. The number of halogens is 1. The van der Waals surface area contributed by atoms with Crippen LogP contribution in [0.2, 0.25) is 5.02 Å². The van der Waals surface area contributed by atoms with Crippen molar-refractivity contribution in [3.8, 4) is 11.3 Å². The van der Waals surface area contributed by atoms with E-state index in [1.54, 1.807) is 4.80 Å². The SMILES string of the molecule is Clc1cccc(Cn2nc(CNCCc3nc4ccccc4[nH]3)c(-c3ccccc3)n2)c1. The Morgan fingerprint density at radius 1 is 0.906 bits per heavy atom. The second-order valence-electron chi connectivity index (χ2n) is 7.65. The number of imidazole rings is 1. The first-order valence-electron chi connectivity index (χ1n) is 10.6. The number of aromatic nitrogens is 5. The smallest absolute Gasteiger partial charge is 0.117 e. The molecule has 7 heteroatoms. The number of aromatic amines is 1. The van der Waals surface area contributed by atoms with Gasteiger partial charge in [-0.15, -0.1) is 0 Å². The lowest BCUT2D eigenvalue weighted by atomic mass is 10.1. The fraction of sp³-hybridized carbons (Fsp3) is 0.160. The first kappa shape index (κ1) is 20.4. The Balaban J connectivity index is 1.29. The molecule has 32 heavy (non-hydrogen) atoms. The second-order valence-corrected chi connectivity index (χ2v) is 8.09. The maximum absolute atomic E-state index is 6.14. The number of benzene rings is 3. The highest BCUT2D eigenvalue weighted by Gasteiger charge is 2.13. The molecule has 0 amide bonds. The highest BCUT2D eigenvalue weighted by atomic mass is 35.5. The lowest BCUT2D eigenvalue weighted by Crippen LogP contribution is -2.18. The Bertz CT molecular complexity index is 1290. The van der Waals surface area contributed by atoms with Crippen LogP contribution >= 0.6 is 11.6 Å². The minimum absolute atomic E-state index is 0.569. The van der Waals surface area contributed by atoms with Crippen molar-refractivity contribution in [1.82, 2.24) is 30.3 Å². The van der Waals surface area contributed by atoms with E-state index in [1.165, 1.54) is 0 Å². The molecular weight excluding hydrogens is 420 g/mol. The molecule has 2 aromatic heterocycles. The van der Waals surface area contributed by atoms with E-state index in [-0.39, 0.29) is 0 Å². The largest absolute Gasteiger partial charge is 0.342 e. The summed E-state index contributed by atoms with van der Waals surface area (Å²) in [5, 5.41) is 13.7. The van der Waals surface area contributed by atoms with Gasteiger partial charge < -0.3 is 10.3 Å². The molecule has 0 saturated heterocycles. The summed E-state index contributed by atoms with van der Waals surface area (Å²) in [5.41, 5.74) is 6.00. The fourth-order valence-electron chi connectivity index (χ4n) is 3.73. The average molecular weight is 443 g/mol. The number of hydrogen-bond donors (Lipinski definition) is 2. The first-order chi connectivity index (χ1) is 15.7. The molecular formula is C25H23ClN6. The van der Waals surface area contributed by atoms with Gasteiger partial charge in [-0.3, -0.25) is 0 Å². The molecule has 0 atom stereocenters. The van der Waals surface area contributed by atoms with Crippen LogP contribution in [0.1, 0.15) is 17.1 Å². The van der Waals surface area contributed by atoms with E-state index in [9.17, 15) is 0 Å². The van der Waals surface area contributed by atoms with Crippen LogP contribution in [-0.2, 0) is 19.5 Å². The highest BCUT2D eigenvalue weighted by molar-refractivity contribution is 6.30. The first-order valence-corrected chi connectivity index (χ1v) is 11.0. The lowest BCUT2D eigenvalue weighted by molar-refractivity contribution is 0.576. The Labute approximate surface area is 191 Å². The molecule has 3 aromatic carbocycles. The number of nitrogens with one attached hydrogen (secondary N) is 2. The lowest BCUT2D eigenvalue weighted by Gasteiger charge is -2.03. The summed E-state index contributed by atoms with van der Waals surface area (Å²) in [6, 6.07) is 26.0. The zero-order valence-electron chi connectivity index (χ0n) is 17.5. The minimum atomic E-state index is 0.569. The predicted molar refractivity (Wildman–Crippen MR) is 128 cm³/mol. The summed E-state index contributed by atoms with van der Waals surface area (Å²) >= 11 is 6.14. The summed E-state index contributed by atoms with van der Waals surface area (Å²) < 4.78 is 0. The number of fused-ring (bicyclic) bond motifs is 1. The van der Waals surface area contributed by atoms with Crippen LogP contribution in [0.15, 0.2) is 78.9 Å². The van der Waals surface area contributed by atoms with Gasteiger partial charge in [-0.05, 0) is 29.8 Å². The number of nitrogens with zero attached hydrogens (tertiary/aromatic N) is 4. The van der Waals surface area contributed by atoms with Crippen molar-refractivity contribution < 1.29 is 0 Å². The van der Waals surface area contributed by atoms with E-state index < -0.39 is 0 Å². The Morgan fingerprint density at radius 2 is 1.75 bits per heavy atom. The van der Waals surface area contributed by atoms with Crippen molar-refractivity contribution >= 4 is 22.6 Å². The van der Waals surface area contributed by atoms with Gasteiger partial charge in [0.25, 0.3) is 0 Å². The molecule has 2 heterocycles. The van der Waals surface area contributed by atoms with E-state index >= 15 is 0 Å². The number of H-pyrrole nitrogens is 1. The van der Waals surface area contributed by atoms with E-state index in [4.69, 9.17) is 21.8 Å². The van der Waals surface area contributed by atoms with Gasteiger partial charge in [-0.2, -0.15) is 15.0 Å². The Kier molecular flexibility index (Phi) is 5.96. The van der Waals surface area contributed by atoms with Crippen LogP contribution in [0.3, 0.4) is 0 Å². The Hall–Kier alpha value is -3.48. The molecule has 2 N–H and O–H groups in total. The van der Waals surface area contributed by atoms with Crippen molar-refractivity contribution in [3.63, 3.8) is 0 Å². The molecule has 0 aliphatic carbocycles. The molecule has 0 bridgehead atoms. The molecule has 5 rings (SSSR count). The molecule has 0 aliphatic rings. The maximum atomic E-state index is 6.14. The topological polar surface area (TPSA) is 71.4 Å². The van der Waals surface area contributed by atoms with Gasteiger partial charge in [0.1, 0.15) is 17.2 Å². The second kappa shape index (κ2) is 9.34. The van der Waals surface area contributed by atoms with Crippen LogP contribution < -0.4 is 5.32 Å². The molecule has 0 radical (unpaired) electrons. The summed E-state index contributed by atoms with van der Waals surface area (Å²) in [7, 11) is 0. The standard InChI is InChI=1S/C25H23ClN6/c26-20-10-6-7-18(15-20)17-32-30-23(25(31-32)19-8-2-1-3-9-19)16-27-14-13-24-28-21-11-4-5-12-22(21)29-24/h1-12,15,27H,13-14,16-17H2,(H,28,29). The molecule has 0 fully saturated rings. The summed E-state index contributed by atoms with van der Waals surface area (Å²) in [5.74, 6) is 0.978. The summed E-state index contributed by atoms with van der Waals surface area (Å²) in [6.07, 6.45) is 0.812. The van der Waals surface area contributed by atoms with E-state index in [0.29, 0.717) is 18.1 Å². The molecule has 160 valence electrons. The van der Waals surface area contributed by atoms with Crippen molar-refractivity contribution in [2.75, 3.05) is 6.54 Å². The number of para-hydroxylation sites is 2. The molecule has 0 unspecified atom stereocenters. The van der Waals surface area contributed by atoms with Gasteiger partial charge in [0.2, 0.25) is 0 Å². The van der Waals surface area contributed by atoms with Crippen molar-refractivity contribution in [2.24, 2.45) is 0 Å². The summed E-state index contributed by atoms with van der Waals surface area (Å²) in [6.45, 7) is 1.98. The van der Waals surface area contributed by atoms with E-state index in [1.807, 2.05) is 66.7 Å². The van der Waals surface area contributed by atoms with Crippen LogP contribution in [0, 0.1) is 0 Å². The molecule has 5 aromatic rings. The number of hydrogen-bond acceptors (Lipinski definition) is 4. The van der Waals surface area contributed by atoms with Crippen molar-refractivity contribution in [1.29, 1.82) is 0 Å². The molecule has 0 spiro atoms. The van der Waals surface area contributed by atoms with Crippen LogP contribution in [0.5, 0.6) is 0 Å². The van der Waals surface area contributed by atoms with Gasteiger partial charge in [0.05, 0.1) is 17.6 Å². The third kappa shape index (κ3) is 4.72. The van der Waals surface area contributed by atoms with Crippen LogP contribution in [0.4, 0.5) is 0 Å². The third-order valence-electron chi connectivity index (χ3n) is 5.25. The monoisotopic (exact) mass is 442 g/mol. The van der Waals surface area contributed by atoms with Gasteiger partial charge in [-0.25, -0.2) is 4.98 Å². The van der Waals surface area contributed by atoms with E-state index in [0.717, 1.165) is 52.3 Å². The van der Waals surface area contributed by atoms with Gasteiger partial charge in [0, 0.05) is 30.1 Å². The molecule has 0 saturated carbocycles. The normalized spacial score (nSPS) is 11.3. The predicted octanol–water partition coefficient (Wildman–Crippen LogP) is 4.86. The zero-order chi connectivity index (χ0) is 21.8. The van der Waals surface area contributed by atoms with Gasteiger partial charge >= 0.3 is 0 Å². The van der Waals surface area contributed by atoms with Gasteiger partial charge in [-0.1, -0.05) is 66.2 Å². The van der Waals surface area contributed by atoms with Crippen LogP contribution in [-0.4, -0.2) is 31.5 Å². The maximum Gasteiger partial charge on any atom is 0.117 e. The van der Waals surface area contributed by atoms with Crippen molar-refractivity contribution in [2.45, 2.75) is 19.5 Å². The summed E-state index contributed by atoms with van der Waals surface area (Å²) in [4.78, 5) is 9.76.